The molecule has 0 amide bonds. The van der Waals surface area contributed by atoms with E-state index in [1.807, 2.05) is 43.5 Å². The minimum atomic E-state index is -3.81. The fourth-order valence-corrected chi connectivity index (χ4v) is 5.90. The fourth-order valence-electron chi connectivity index (χ4n) is 3.44. The molecule has 8 heteroatoms. The van der Waals surface area contributed by atoms with Gasteiger partial charge in [-0.25, -0.2) is 8.42 Å². The van der Waals surface area contributed by atoms with Crippen LogP contribution < -0.4 is 5.56 Å². The predicted molar refractivity (Wildman–Crippen MR) is 129 cm³/mol. The molecule has 0 radical (unpaired) electrons. The molecule has 4 aromatic rings. The largest absolute Gasteiger partial charge is 0.321 e. The van der Waals surface area contributed by atoms with Gasteiger partial charge >= 0.3 is 0 Å². The summed E-state index contributed by atoms with van der Waals surface area (Å²) in [6.07, 6.45) is 0. The molecule has 2 aromatic carbocycles. The summed E-state index contributed by atoms with van der Waals surface area (Å²) < 4.78 is 29.1. The lowest BCUT2D eigenvalue weighted by Gasteiger charge is -2.22. The van der Waals surface area contributed by atoms with Crippen LogP contribution in [0.4, 0.5) is 0 Å². The first-order valence-corrected chi connectivity index (χ1v) is 12.8. The summed E-state index contributed by atoms with van der Waals surface area (Å²) >= 11 is 4.83. The van der Waals surface area contributed by atoms with Crippen LogP contribution in [0.1, 0.15) is 21.6 Å². The standard InChI is InChI=1S/C23H21BrN2O3S2/c1-15-5-6-17-12-18(23(27)25-22(17)16(15)2)13-26(14-20-4-3-11-30-20)31(28,29)21-9-7-19(24)8-10-21/h3-12H,13-14H2,1-2H3,(H,25,27). The highest BCUT2D eigenvalue weighted by Gasteiger charge is 2.26. The van der Waals surface area contributed by atoms with Crippen LogP contribution in [-0.4, -0.2) is 17.7 Å². The van der Waals surface area contributed by atoms with Crippen LogP contribution >= 0.6 is 27.3 Å². The van der Waals surface area contributed by atoms with Crippen LogP contribution in [0, 0.1) is 13.8 Å². The molecule has 0 aliphatic heterocycles. The smallest absolute Gasteiger partial charge is 0.252 e. The van der Waals surface area contributed by atoms with Crippen molar-refractivity contribution in [3.05, 3.63) is 96.4 Å². The van der Waals surface area contributed by atoms with Crippen molar-refractivity contribution in [2.45, 2.75) is 31.8 Å². The van der Waals surface area contributed by atoms with Crippen molar-refractivity contribution in [2.75, 3.05) is 0 Å². The third kappa shape index (κ3) is 4.52. The zero-order valence-corrected chi connectivity index (χ0v) is 20.3. The Morgan fingerprint density at radius 2 is 1.77 bits per heavy atom. The number of aromatic amines is 1. The predicted octanol–water partition coefficient (Wildman–Crippen LogP) is 5.36. The van der Waals surface area contributed by atoms with E-state index in [0.717, 1.165) is 31.4 Å². The Balaban J connectivity index is 1.78. The van der Waals surface area contributed by atoms with Gasteiger partial charge in [-0.3, -0.25) is 4.79 Å². The molecule has 0 aliphatic carbocycles. The molecule has 31 heavy (non-hydrogen) atoms. The highest BCUT2D eigenvalue weighted by atomic mass is 79.9. The third-order valence-electron chi connectivity index (χ3n) is 5.34. The lowest BCUT2D eigenvalue weighted by molar-refractivity contribution is 0.402. The van der Waals surface area contributed by atoms with Gasteiger partial charge in [-0.1, -0.05) is 34.1 Å². The first-order valence-electron chi connectivity index (χ1n) is 9.66. The number of benzene rings is 2. The minimum absolute atomic E-state index is 0.0194. The highest BCUT2D eigenvalue weighted by Crippen LogP contribution is 2.25. The van der Waals surface area contributed by atoms with Gasteiger partial charge in [0, 0.05) is 28.0 Å². The number of nitrogens with one attached hydrogen (secondary N) is 1. The summed E-state index contributed by atoms with van der Waals surface area (Å²) in [6, 6.07) is 16.1. The molecule has 0 bridgehead atoms. The quantitative estimate of drug-likeness (QED) is 0.375. The van der Waals surface area contributed by atoms with Crippen molar-refractivity contribution >= 4 is 48.2 Å². The Morgan fingerprint density at radius 1 is 1.03 bits per heavy atom. The zero-order chi connectivity index (χ0) is 22.2. The van der Waals surface area contributed by atoms with E-state index < -0.39 is 10.0 Å². The normalized spacial score (nSPS) is 12.0. The average Bonchev–Trinajstić information content (AvgIpc) is 3.25. The molecule has 0 spiro atoms. The lowest BCUT2D eigenvalue weighted by atomic mass is 10.0. The van der Waals surface area contributed by atoms with Gasteiger partial charge in [0.15, 0.2) is 0 Å². The van der Waals surface area contributed by atoms with E-state index in [9.17, 15) is 13.2 Å². The number of hydrogen-bond acceptors (Lipinski definition) is 4. The number of halogens is 1. The number of aryl methyl sites for hydroxylation is 2. The van der Waals surface area contributed by atoms with Gasteiger partial charge in [-0.15, -0.1) is 11.3 Å². The molecule has 0 unspecified atom stereocenters. The number of rotatable bonds is 6. The number of sulfonamides is 1. The Labute approximate surface area is 193 Å². The summed E-state index contributed by atoms with van der Waals surface area (Å²) in [7, 11) is -3.81. The minimum Gasteiger partial charge on any atom is -0.321 e. The van der Waals surface area contributed by atoms with Gasteiger partial charge in [-0.2, -0.15) is 4.31 Å². The van der Waals surface area contributed by atoms with Crippen molar-refractivity contribution in [3.8, 4) is 0 Å². The summed E-state index contributed by atoms with van der Waals surface area (Å²) in [5.41, 5.74) is 3.03. The molecule has 0 atom stereocenters. The van der Waals surface area contributed by atoms with Crippen molar-refractivity contribution in [1.82, 2.24) is 9.29 Å². The number of H-pyrrole nitrogens is 1. The highest BCUT2D eigenvalue weighted by molar-refractivity contribution is 9.10. The first-order chi connectivity index (χ1) is 14.8. The van der Waals surface area contributed by atoms with Gasteiger partial charge in [0.25, 0.3) is 5.56 Å². The molecule has 0 saturated heterocycles. The van der Waals surface area contributed by atoms with Gasteiger partial charge in [0.1, 0.15) is 0 Å². The van der Waals surface area contributed by atoms with E-state index in [4.69, 9.17) is 0 Å². The monoisotopic (exact) mass is 516 g/mol. The number of nitrogens with zero attached hydrogens (tertiary/aromatic N) is 1. The maximum Gasteiger partial charge on any atom is 0.252 e. The van der Waals surface area contributed by atoms with Crippen LogP contribution in [0.5, 0.6) is 0 Å². The second-order valence-electron chi connectivity index (χ2n) is 7.40. The molecule has 4 rings (SSSR count). The fraction of sp³-hybridized carbons (Fsp3) is 0.174. The first kappa shape index (κ1) is 22.0. The van der Waals surface area contributed by atoms with Crippen molar-refractivity contribution in [2.24, 2.45) is 0 Å². The van der Waals surface area contributed by atoms with E-state index >= 15 is 0 Å². The summed E-state index contributed by atoms with van der Waals surface area (Å²) in [5, 5.41) is 2.79. The summed E-state index contributed by atoms with van der Waals surface area (Å²) in [5.74, 6) is 0. The maximum atomic E-state index is 13.5. The van der Waals surface area contributed by atoms with E-state index in [2.05, 4.69) is 20.9 Å². The zero-order valence-electron chi connectivity index (χ0n) is 17.1. The molecule has 160 valence electrons. The third-order valence-corrected chi connectivity index (χ3v) is 8.53. The van der Waals surface area contributed by atoms with Crippen LogP contribution in [-0.2, 0) is 23.1 Å². The number of thiophene rings is 1. The second-order valence-corrected chi connectivity index (χ2v) is 11.3. The van der Waals surface area contributed by atoms with Crippen molar-refractivity contribution < 1.29 is 8.42 Å². The molecule has 0 saturated carbocycles. The maximum absolute atomic E-state index is 13.5. The number of pyridine rings is 1. The second kappa shape index (κ2) is 8.70. The molecule has 0 fully saturated rings. The Bertz CT molecular complexity index is 1390. The van der Waals surface area contributed by atoms with E-state index in [1.54, 1.807) is 30.3 Å². The topological polar surface area (TPSA) is 70.2 Å². The van der Waals surface area contributed by atoms with Gasteiger partial charge < -0.3 is 4.98 Å². The molecular weight excluding hydrogens is 496 g/mol. The Kier molecular flexibility index (Phi) is 6.16. The van der Waals surface area contributed by atoms with Crippen LogP contribution in [0.3, 0.4) is 0 Å². The molecule has 1 N–H and O–H groups in total. The summed E-state index contributed by atoms with van der Waals surface area (Å²) in [4.78, 5) is 16.9. The van der Waals surface area contributed by atoms with Crippen molar-refractivity contribution in [3.63, 3.8) is 0 Å². The number of fused-ring (bicyclic) bond motifs is 1. The lowest BCUT2D eigenvalue weighted by Crippen LogP contribution is -2.32. The molecule has 0 aliphatic rings. The van der Waals surface area contributed by atoms with Gasteiger partial charge in [-0.05, 0) is 72.1 Å². The Morgan fingerprint density at radius 3 is 2.45 bits per heavy atom. The average molecular weight is 517 g/mol. The molecule has 2 aromatic heterocycles. The number of hydrogen-bond donors (Lipinski definition) is 1. The molecule has 5 nitrogen and oxygen atoms in total. The number of aromatic nitrogens is 1. The van der Waals surface area contributed by atoms with Crippen LogP contribution in [0.15, 0.2) is 74.1 Å². The van der Waals surface area contributed by atoms with Crippen LogP contribution in [0.2, 0.25) is 0 Å². The molecular formula is C23H21BrN2O3S2. The van der Waals surface area contributed by atoms with Crippen molar-refractivity contribution in [1.29, 1.82) is 0 Å². The summed E-state index contributed by atoms with van der Waals surface area (Å²) in [6.45, 7) is 4.14. The van der Waals surface area contributed by atoms with Gasteiger partial charge in [0.2, 0.25) is 10.0 Å². The van der Waals surface area contributed by atoms with E-state index in [0.29, 0.717) is 5.56 Å². The van der Waals surface area contributed by atoms with E-state index in [1.165, 1.54) is 15.6 Å². The molecule has 2 heterocycles. The van der Waals surface area contributed by atoms with Gasteiger partial charge in [0.05, 0.1) is 10.4 Å². The van der Waals surface area contributed by atoms with E-state index in [-0.39, 0.29) is 23.5 Å². The Hall–Kier alpha value is -2.26. The van der Waals surface area contributed by atoms with Crippen LogP contribution in [0.25, 0.3) is 10.9 Å². The SMILES string of the molecule is Cc1ccc2cc(CN(Cc3cccs3)S(=O)(=O)c3ccc(Br)cc3)c(=O)[nH]c2c1C.